The average Bonchev–Trinajstić information content (AvgIpc) is 3.17. The van der Waals surface area contributed by atoms with E-state index in [-0.39, 0.29) is 24.5 Å². The van der Waals surface area contributed by atoms with Crippen molar-refractivity contribution in [1.29, 1.82) is 0 Å². The van der Waals surface area contributed by atoms with E-state index in [4.69, 9.17) is 4.42 Å². The van der Waals surface area contributed by atoms with Gasteiger partial charge in [0.05, 0.1) is 12.8 Å². The van der Waals surface area contributed by atoms with Gasteiger partial charge in [-0.3, -0.25) is 4.79 Å². The van der Waals surface area contributed by atoms with Gasteiger partial charge in [0.15, 0.2) is 5.96 Å². The van der Waals surface area contributed by atoms with Crippen molar-refractivity contribution in [2.75, 3.05) is 26.2 Å². The second-order valence-electron chi connectivity index (χ2n) is 6.94. The number of guanidine groups is 1. The van der Waals surface area contributed by atoms with Gasteiger partial charge in [-0.25, -0.2) is 4.99 Å². The molecule has 1 amide bonds. The second kappa shape index (κ2) is 10.9. The van der Waals surface area contributed by atoms with Crippen molar-refractivity contribution < 1.29 is 14.3 Å². The van der Waals surface area contributed by atoms with Gasteiger partial charge < -0.3 is 25.5 Å². The lowest BCUT2D eigenvalue weighted by molar-refractivity contribution is -0.119. The number of rotatable bonds is 9. The van der Waals surface area contributed by atoms with Crippen molar-refractivity contribution in [3.8, 4) is 0 Å². The molecule has 0 atom stereocenters. The predicted octanol–water partition coefficient (Wildman–Crippen LogP) is 1.78. The van der Waals surface area contributed by atoms with Crippen LogP contribution in [0.3, 0.4) is 0 Å². The lowest BCUT2D eigenvalue weighted by Crippen LogP contribution is -2.45. The maximum Gasteiger partial charge on any atom is 0.242 e. The van der Waals surface area contributed by atoms with Crippen LogP contribution in [0.2, 0.25) is 0 Å². The lowest BCUT2D eigenvalue weighted by atomic mass is 9.72. The summed E-state index contributed by atoms with van der Waals surface area (Å²) in [7, 11) is 0. The first-order chi connectivity index (χ1) is 12.7. The van der Waals surface area contributed by atoms with Crippen LogP contribution in [0.25, 0.3) is 0 Å². The molecule has 0 bridgehead atoms. The van der Waals surface area contributed by atoms with Crippen LogP contribution in [0.5, 0.6) is 0 Å². The Hall–Kier alpha value is -2.02. The van der Waals surface area contributed by atoms with Crippen molar-refractivity contribution in [2.24, 2.45) is 10.4 Å². The third-order valence-corrected chi connectivity index (χ3v) is 4.95. The minimum Gasteiger partial charge on any atom is -0.467 e. The monoisotopic (exact) mass is 364 g/mol. The molecule has 146 valence electrons. The van der Waals surface area contributed by atoms with Gasteiger partial charge in [-0.2, -0.15) is 0 Å². The van der Waals surface area contributed by atoms with E-state index in [0.717, 1.165) is 38.1 Å². The summed E-state index contributed by atoms with van der Waals surface area (Å²) in [6.07, 6.45) is 8.35. The third-order valence-electron chi connectivity index (χ3n) is 4.95. The minimum atomic E-state index is -0.152. The zero-order chi connectivity index (χ0) is 18.7. The Morgan fingerprint density at radius 1 is 1.27 bits per heavy atom. The molecular weight excluding hydrogens is 332 g/mol. The molecule has 0 aliphatic heterocycles. The Balaban J connectivity index is 1.83. The van der Waals surface area contributed by atoms with Gasteiger partial charge in [-0.05, 0) is 43.7 Å². The topological polar surface area (TPSA) is 98.9 Å². The number of hydrogen-bond donors (Lipinski definition) is 4. The lowest BCUT2D eigenvalue weighted by Gasteiger charge is -2.37. The molecule has 0 radical (unpaired) electrons. The van der Waals surface area contributed by atoms with E-state index in [2.05, 4.69) is 20.9 Å². The van der Waals surface area contributed by atoms with Gasteiger partial charge in [0.1, 0.15) is 12.3 Å². The van der Waals surface area contributed by atoms with Crippen LogP contribution >= 0.6 is 0 Å². The normalized spacial score (nSPS) is 16.9. The smallest absolute Gasteiger partial charge is 0.242 e. The molecule has 0 saturated heterocycles. The summed E-state index contributed by atoms with van der Waals surface area (Å²) in [5.41, 5.74) is 0.130. The quantitative estimate of drug-likeness (QED) is 0.395. The fourth-order valence-electron chi connectivity index (χ4n) is 3.47. The SMILES string of the molecule is CCNC(=NCC(=O)NCc1ccco1)NCC1(CCO)CCCCC1. The molecule has 1 aliphatic rings. The molecule has 1 heterocycles. The average molecular weight is 364 g/mol. The van der Waals surface area contributed by atoms with Gasteiger partial charge in [0.25, 0.3) is 0 Å². The van der Waals surface area contributed by atoms with Crippen molar-refractivity contribution in [3.05, 3.63) is 24.2 Å². The largest absolute Gasteiger partial charge is 0.467 e. The molecule has 1 fully saturated rings. The fourth-order valence-corrected chi connectivity index (χ4v) is 3.47. The van der Waals surface area contributed by atoms with Crippen LogP contribution < -0.4 is 16.0 Å². The van der Waals surface area contributed by atoms with Crippen molar-refractivity contribution >= 4 is 11.9 Å². The van der Waals surface area contributed by atoms with E-state index in [1.807, 2.05) is 13.0 Å². The molecule has 2 rings (SSSR count). The minimum absolute atomic E-state index is 0.0586. The van der Waals surface area contributed by atoms with E-state index in [0.29, 0.717) is 12.5 Å². The van der Waals surface area contributed by atoms with Crippen LogP contribution in [0.15, 0.2) is 27.8 Å². The molecule has 1 aliphatic carbocycles. The molecule has 0 unspecified atom stereocenters. The molecule has 0 aromatic carbocycles. The molecule has 7 nitrogen and oxygen atoms in total. The van der Waals surface area contributed by atoms with E-state index in [9.17, 15) is 9.90 Å². The summed E-state index contributed by atoms with van der Waals surface area (Å²) < 4.78 is 5.19. The molecule has 1 saturated carbocycles. The highest BCUT2D eigenvalue weighted by molar-refractivity contribution is 5.84. The van der Waals surface area contributed by atoms with Gasteiger partial charge in [0, 0.05) is 19.7 Å². The van der Waals surface area contributed by atoms with Crippen LogP contribution in [-0.4, -0.2) is 43.2 Å². The number of carbonyl (C=O) groups excluding carboxylic acids is 1. The van der Waals surface area contributed by atoms with Gasteiger partial charge in [-0.15, -0.1) is 0 Å². The number of hydrogen-bond acceptors (Lipinski definition) is 4. The first-order valence-corrected chi connectivity index (χ1v) is 9.59. The Morgan fingerprint density at radius 3 is 2.73 bits per heavy atom. The number of nitrogens with one attached hydrogen (secondary N) is 3. The van der Waals surface area contributed by atoms with Crippen molar-refractivity contribution in [2.45, 2.75) is 52.0 Å². The molecular formula is C19H32N4O3. The van der Waals surface area contributed by atoms with E-state index in [1.165, 1.54) is 19.3 Å². The van der Waals surface area contributed by atoms with Gasteiger partial charge >= 0.3 is 0 Å². The molecule has 26 heavy (non-hydrogen) atoms. The third kappa shape index (κ3) is 6.71. The van der Waals surface area contributed by atoms with E-state index >= 15 is 0 Å². The van der Waals surface area contributed by atoms with Gasteiger partial charge in [0.2, 0.25) is 5.91 Å². The van der Waals surface area contributed by atoms with E-state index < -0.39 is 0 Å². The molecule has 1 aromatic heterocycles. The molecule has 7 heteroatoms. The summed E-state index contributed by atoms with van der Waals surface area (Å²) in [6.45, 7) is 4.14. The van der Waals surface area contributed by atoms with Crippen molar-refractivity contribution in [3.63, 3.8) is 0 Å². The highest BCUT2D eigenvalue weighted by Crippen LogP contribution is 2.38. The number of furan rings is 1. The first kappa shape index (κ1) is 20.3. The highest BCUT2D eigenvalue weighted by atomic mass is 16.3. The van der Waals surface area contributed by atoms with Crippen molar-refractivity contribution in [1.82, 2.24) is 16.0 Å². The van der Waals surface area contributed by atoms with Crippen LogP contribution in [0, 0.1) is 5.41 Å². The van der Waals surface area contributed by atoms with E-state index in [1.54, 1.807) is 12.3 Å². The first-order valence-electron chi connectivity index (χ1n) is 9.59. The summed E-state index contributed by atoms with van der Waals surface area (Å²) in [6, 6.07) is 3.61. The maximum absolute atomic E-state index is 12.0. The Kier molecular flexibility index (Phi) is 8.47. The fraction of sp³-hybridized carbons (Fsp3) is 0.684. The summed E-state index contributed by atoms with van der Waals surface area (Å²) in [5.74, 6) is 1.21. The Bertz CT molecular complexity index is 546. The van der Waals surface area contributed by atoms with Crippen LogP contribution in [0.1, 0.15) is 51.2 Å². The maximum atomic E-state index is 12.0. The zero-order valence-electron chi connectivity index (χ0n) is 15.7. The highest BCUT2D eigenvalue weighted by Gasteiger charge is 2.31. The van der Waals surface area contributed by atoms with Crippen LogP contribution in [-0.2, 0) is 11.3 Å². The Morgan fingerprint density at radius 2 is 2.08 bits per heavy atom. The molecule has 1 aromatic rings. The number of nitrogens with zero attached hydrogens (tertiary/aromatic N) is 1. The van der Waals surface area contributed by atoms with Gasteiger partial charge in [-0.1, -0.05) is 19.3 Å². The van der Waals surface area contributed by atoms with Crippen LogP contribution in [0.4, 0.5) is 0 Å². The summed E-state index contributed by atoms with van der Waals surface area (Å²) in [5, 5.41) is 18.8. The number of aliphatic imine (C=N–C) groups is 1. The zero-order valence-corrected chi connectivity index (χ0v) is 15.7. The number of carbonyl (C=O) groups is 1. The Labute approximate surface area is 155 Å². The summed E-state index contributed by atoms with van der Waals surface area (Å²) >= 11 is 0. The number of aliphatic hydroxyl groups is 1. The molecule has 0 spiro atoms. The second-order valence-corrected chi connectivity index (χ2v) is 6.94. The predicted molar refractivity (Wildman–Crippen MR) is 102 cm³/mol. The number of aliphatic hydroxyl groups excluding tert-OH is 1. The standard InChI is InChI=1S/C19H32N4O3/c1-2-20-18(22-14-17(25)21-13-16-7-6-12-26-16)23-15-19(10-11-24)8-4-3-5-9-19/h6-7,12,24H,2-5,8-11,13-15H2,1H3,(H,21,25)(H2,20,22,23). The summed E-state index contributed by atoms with van der Waals surface area (Å²) in [4.78, 5) is 16.3. The number of amides is 1. The molecule has 4 N–H and O–H groups in total.